The van der Waals surface area contributed by atoms with Crippen LogP contribution >= 0.6 is 11.6 Å². The van der Waals surface area contributed by atoms with E-state index in [-0.39, 0.29) is 5.91 Å². The number of carbonyl (C=O) groups is 1. The molecule has 0 bridgehead atoms. The Morgan fingerprint density at radius 2 is 2.05 bits per heavy atom. The van der Waals surface area contributed by atoms with Gasteiger partial charge in [-0.1, -0.05) is 43.0 Å². The van der Waals surface area contributed by atoms with Gasteiger partial charge in [-0.2, -0.15) is 0 Å². The number of benzene rings is 1. The maximum atomic E-state index is 11.9. The average Bonchev–Trinajstić information content (AvgIpc) is 2.47. The molecular formula is C17H24ClNO2. The summed E-state index contributed by atoms with van der Waals surface area (Å²) in [6, 6.07) is 5.89. The fourth-order valence-electron chi connectivity index (χ4n) is 2.79. The van der Waals surface area contributed by atoms with Gasteiger partial charge in [0.2, 0.25) is 5.91 Å². The molecule has 3 nitrogen and oxygen atoms in total. The first-order chi connectivity index (χ1) is 9.98. The van der Waals surface area contributed by atoms with Crippen LogP contribution in [0.4, 0.5) is 0 Å². The van der Waals surface area contributed by atoms with Crippen LogP contribution < -0.4 is 5.32 Å². The van der Waals surface area contributed by atoms with Crippen LogP contribution in [-0.4, -0.2) is 23.2 Å². The van der Waals surface area contributed by atoms with Crippen LogP contribution in [0, 0.1) is 6.92 Å². The van der Waals surface area contributed by atoms with Gasteiger partial charge in [0, 0.05) is 18.0 Å². The molecule has 116 valence electrons. The lowest BCUT2D eigenvalue weighted by Gasteiger charge is -2.32. The zero-order valence-corrected chi connectivity index (χ0v) is 13.4. The molecule has 0 atom stereocenters. The lowest BCUT2D eigenvalue weighted by atomic mass is 9.85. The number of carbonyl (C=O) groups excluding carboxylic acids is 1. The molecular weight excluding hydrogens is 286 g/mol. The van der Waals surface area contributed by atoms with Gasteiger partial charge in [-0.05, 0) is 43.4 Å². The lowest BCUT2D eigenvalue weighted by molar-refractivity contribution is -0.122. The minimum Gasteiger partial charge on any atom is -0.388 e. The van der Waals surface area contributed by atoms with E-state index in [1.165, 1.54) is 6.42 Å². The maximum Gasteiger partial charge on any atom is 0.220 e. The number of nitrogens with one attached hydrogen (secondary N) is 1. The van der Waals surface area contributed by atoms with E-state index in [1.54, 1.807) is 0 Å². The van der Waals surface area contributed by atoms with E-state index in [4.69, 9.17) is 11.6 Å². The van der Waals surface area contributed by atoms with Gasteiger partial charge >= 0.3 is 0 Å². The largest absolute Gasteiger partial charge is 0.388 e. The number of aliphatic hydroxyl groups is 1. The highest BCUT2D eigenvalue weighted by Gasteiger charge is 2.29. The van der Waals surface area contributed by atoms with E-state index in [1.807, 2.05) is 25.1 Å². The zero-order valence-electron chi connectivity index (χ0n) is 12.6. The Morgan fingerprint density at radius 3 is 2.71 bits per heavy atom. The molecule has 2 rings (SSSR count). The van der Waals surface area contributed by atoms with Gasteiger partial charge < -0.3 is 10.4 Å². The van der Waals surface area contributed by atoms with Crippen molar-refractivity contribution in [2.45, 2.75) is 57.5 Å². The average molecular weight is 310 g/mol. The van der Waals surface area contributed by atoms with E-state index in [9.17, 15) is 9.90 Å². The zero-order chi connectivity index (χ0) is 15.3. The molecule has 0 aromatic heterocycles. The Kier molecular flexibility index (Phi) is 5.65. The molecule has 1 fully saturated rings. The Bertz CT molecular complexity index is 496. The molecule has 0 unspecified atom stereocenters. The number of amides is 1. The Morgan fingerprint density at radius 1 is 1.33 bits per heavy atom. The highest BCUT2D eigenvalue weighted by Crippen LogP contribution is 2.27. The second kappa shape index (κ2) is 7.28. The third-order valence-corrected chi connectivity index (χ3v) is 4.68. The van der Waals surface area contributed by atoms with Crippen molar-refractivity contribution in [1.29, 1.82) is 0 Å². The van der Waals surface area contributed by atoms with Crippen LogP contribution in [0.2, 0.25) is 5.02 Å². The van der Waals surface area contributed by atoms with Gasteiger partial charge in [0.15, 0.2) is 0 Å². The molecule has 1 saturated carbocycles. The summed E-state index contributed by atoms with van der Waals surface area (Å²) in [6.07, 6.45) is 5.97. The number of hydrogen-bond acceptors (Lipinski definition) is 2. The van der Waals surface area contributed by atoms with Crippen LogP contribution in [0.3, 0.4) is 0 Å². The molecule has 0 radical (unpaired) electrons. The summed E-state index contributed by atoms with van der Waals surface area (Å²) < 4.78 is 0. The van der Waals surface area contributed by atoms with Crippen molar-refractivity contribution >= 4 is 17.5 Å². The highest BCUT2D eigenvalue weighted by atomic mass is 35.5. The second-order valence-electron chi connectivity index (χ2n) is 6.15. The molecule has 4 heteroatoms. The molecule has 0 spiro atoms. The first kappa shape index (κ1) is 16.3. The van der Waals surface area contributed by atoms with E-state index in [0.717, 1.165) is 41.8 Å². The summed E-state index contributed by atoms with van der Waals surface area (Å²) in [5.41, 5.74) is 1.42. The van der Waals surface area contributed by atoms with E-state index in [0.29, 0.717) is 19.4 Å². The fraction of sp³-hybridized carbons (Fsp3) is 0.588. The minimum absolute atomic E-state index is 0.00861. The molecule has 1 aromatic carbocycles. The van der Waals surface area contributed by atoms with Crippen LogP contribution in [0.25, 0.3) is 0 Å². The smallest absolute Gasteiger partial charge is 0.220 e. The first-order valence-electron chi connectivity index (χ1n) is 7.73. The highest BCUT2D eigenvalue weighted by molar-refractivity contribution is 6.31. The molecule has 1 aliphatic carbocycles. The topological polar surface area (TPSA) is 49.3 Å². The van der Waals surface area contributed by atoms with Crippen molar-refractivity contribution in [3.63, 3.8) is 0 Å². The molecule has 0 aliphatic heterocycles. The van der Waals surface area contributed by atoms with Crippen molar-refractivity contribution in [3.8, 4) is 0 Å². The Labute approximate surface area is 131 Å². The molecule has 0 saturated heterocycles. The van der Waals surface area contributed by atoms with Crippen LogP contribution in [0.5, 0.6) is 0 Å². The van der Waals surface area contributed by atoms with Gasteiger partial charge in [0.05, 0.1) is 5.60 Å². The van der Waals surface area contributed by atoms with Gasteiger partial charge in [0.1, 0.15) is 0 Å². The number of rotatable bonds is 5. The van der Waals surface area contributed by atoms with Gasteiger partial charge in [-0.15, -0.1) is 0 Å². The molecule has 0 heterocycles. The monoisotopic (exact) mass is 309 g/mol. The standard InChI is InChI=1S/C17H24ClNO2/c1-13-5-6-14(11-15(13)18)7-8-16(20)19-12-17(21)9-3-2-4-10-17/h5-6,11,21H,2-4,7-10,12H2,1H3,(H,19,20). The van der Waals surface area contributed by atoms with Crippen molar-refractivity contribution in [2.75, 3.05) is 6.54 Å². The summed E-state index contributed by atoms with van der Waals surface area (Å²) in [4.78, 5) is 11.9. The maximum absolute atomic E-state index is 11.9. The first-order valence-corrected chi connectivity index (χ1v) is 8.10. The quantitative estimate of drug-likeness (QED) is 0.876. The van der Waals surface area contributed by atoms with Crippen LogP contribution in [0.1, 0.15) is 49.7 Å². The summed E-state index contributed by atoms with van der Waals surface area (Å²) in [6.45, 7) is 2.34. The Hall–Kier alpha value is -1.06. The summed E-state index contributed by atoms with van der Waals surface area (Å²) in [5.74, 6) is -0.00861. The molecule has 2 N–H and O–H groups in total. The molecule has 1 aromatic rings. The molecule has 1 amide bonds. The SMILES string of the molecule is Cc1ccc(CCC(=O)NCC2(O)CCCCC2)cc1Cl. The van der Waals surface area contributed by atoms with E-state index in [2.05, 4.69) is 5.32 Å². The molecule has 21 heavy (non-hydrogen) atoms. The van der Waals surface area contributed by atoms with Crippen molar-refractivity contribution in [1.82, 2.24) is 5.32 Å². The predicted octanol–water partition coefficient (Wildman–Crippen LogP) is 3.39. The van der Waals surface area contributed by atoms with Crippen molar-refractivity contribution < 1.29 is 9.90 Å². The third kappa shape index (κ3) is 5.01. The van der Waals surface area contributed by atoms with Crippen LogP contribution in [0.15, 0.2) is 18.2 Å². The summed E-state index contributed by atoms with van der Waals surface area (Å²) in [5, 5.41) is 13.9. The summed E-state index contributed by atoms with van der Waals surface area (Å²) >= 11 is 6.08. The van der Waals surface area contributed by atoms with E-state index >= 15 is 0 Å². The number of halogens is 1. The number of aryl methyl sites for hydroxylation is 2. The normalized spacial score (nSPS) is 17.5. The van der Waals surface area contributed by atoms with Gasteiger partial charge in [-0.3, -0.25) is 4.79 Å². The Balaban J connectivity index is 1.75. The van der Waals surface area contributed by atoms with Gasteiger partial charge in [0.25, 0.3) is 0 Å². The minimum atomic E-state index is -0.693. The van der Waals surface area contributed by atoms with Crippen molar-refractivity contribution in [3.05, 3.63) is 34.3 Å². The lowest BCUT2D eigenvalue weighted by Crippen LogP contribution is -2.44. The fourth-order valence-corrected chi connectivity index (χ4v) is 2.99. The van der Waals surface area contributed by atoms with Gasteiger partial charge in [-0.25, -0.2) is 0 Å². The van der Waals surface area contributed by atoms with E-state index < -0.39 is 5.60 Å². The summed E-state index contributed by atoms with van der Waals surface area (Å²) in [7, 11) is 0. The predicted molar refractivity (Wildman–Crippen MR) is 85.6 cm³/mol. The number of hydrogen-bond donors (Lipinski definition) is 2. The van der Waals surface area contributed by atoms with Crippen molar-refractivity contribution in [2.24, 2.45) is 0 Å². The molecule has 1 aliphatic rings. The third-order valence-electron chi connectivity index (χ3n) is 4.28. The van der Waals surface area contributed by atoms with Crippen LogP contribution in [-0.2, 0) is 11.2 Å². The second-order valence-corrected chi connectivity index (χ2v) is 6.55.